The molecule has 0 fully saturated rings. The Labute approximate surface area is 206 Å². The van der Waals surface area contributed by atoms with Crippen molar-refractivity contribution in [2.45, 2.75) is 5.60 Å². The van der Waals surface area contributed by atoms with Gasteiger partial charge in [-0.2, -0.15) is 0 Å². The number of fused-ring (bicyclic) bond motifs is 1. The summed E-state index contributed by atoms with van der Waals surface area (Å²) < 4.78 is 0. The SMILES string of the molecule is OC(c1cccnc1)(c1cccc(Cl)c1)c1ccc2nc(Cl)c(-c3ccccc3)c(Cl)c2c1. The van der Waals surface area contributed by atoms with Gasteiger partial charge in [0.15, 0.2) is 0 Å². The summed E-state index contributed by atoms with van der Waals surface area (Å²) in [6.45, 7) is 0. The maximum Gasteiger partial charge on any atom is 0.142 e. The zero-order valence-corrected chi connectivity index (χ0v) is 19.5. The number of aliphatic hydroxyl groups is 1. The van der Waals surface area contributed by atoms with E-state index in [1.807, 2.05) is 66.7 Å². The summed E-state index contributed by atoms with van der Waals surface area (Å²) >= 11 is 19.7. The average molecular weight is 492 g/mol. The van der Waals surface area contributed by atoms with Crippen LogP contribution in [0.1, 0.15) is 16.7 Å². The Hall–Kier alpha value is -2.95. The smallest absolute Gasteiger partial charge is 0.142 e. The van der Waals surface area contributed by atoms with Crippen molar-refractivity contribution in [3.05, 3.63) is 129 Å². The molecule has 2 aromatic heterocycles. The lowest BCUT2D eigenvalue weighted by molar-refractivity contribution is 0.125. The van der Waals surface area contributed by atoms with E-state index in [1.54, 1.807) is 30.6 Å². The monoisotopic (exact) mass is 490 g/mol. The second-order valence-corrected chi connectivity index (χ2v) is 8.82. The molecule has 0 aliphatic rings. The maximum absolute atomic E-state index is 12.2. The van der Waals surface area contributed by atoms with E-state index in [4.69, 9.17) is 34.8 Å². The van der Waals surface area contributed by atoms with Gasteiger partial charge in [-0.3, -0.25) is 4.98 Å². The van der Waals surface area contributed by atoms with E-state index >= 15 is 0 Å². The number of hydrogen-bond acceptors (Lipinski definition) is 3. The van der Waals surface area contributed by atoms with Crippen LogP contribution in [0.3, 0.4) is 0 Å². The van der Waals surface area contributed by atoms with Gasteiger partial charge in [-0.25, -0.2) is 4.98 Å². The first kappa shape index (κ1) is 21.9. The van der Waals surface area contributed by atoms with Crippen molar-refractivity contribution in [3.8, 4) is 11.1 Å². The van der Waals surface area contributed by atoms with Crippen molar-refractivity contribution in [3.63, 3.8) is 0 Å². The molecule has 3 aromatic carbocycles. The molecule has 1 N–H and O–H groups in total. The van der Waals surface area contributed by atoms with E-state index in [2.05, 4.69) is 9.97 Å². The van der Waals surface area contributed by atoms with Crippen LogP contribution in [0.25, 0.3) is 22.0 Å². The van der Waals surface area contributed by atoms with Gasteiger partial charge in [0.05, 0.1) is 10.5 Å². The highest BCUT2D eigenvalue weighted by molar-refractivity contribution is 6.42. The minimum Gasteiger partial charge on any atom is -0.376 e. The Morgan fingerprint density at radius 1 is 0.727 bits per heavy atom. The minimum absolute atomic E-state index is 0.323. The standard InChI is InChI=1S/C27H17Cl3N2O/c28-21-10-4-8-18(14-21)27(33,20-9-5-13-31-16-20)19-11-12-23-22(15-19)25(29)24(26(30)32-23)17-6-2-1-3-7-17/h1-16,33H. The largest absolute Gasteiger partial charge is 0.376 e. The van der Waals surface area contributed by atoms with Gasteiger partial charge in [0, 0.05) is 33.9 Å². The van der Waals surface area contributed by atoms with Crippen LogP contribution >= 0.6 is 34.8 Å². The number of halogens is 3. The molecule has 0 aliphatic heterocycles. The normalized spacial score (nSPS) is 13.1. The third-order valence-corrected chi connectivity index (χ3v) is 6.58. The molecule has 0 bridgehead atoms. The highest BCUT2D eigenvalue weighted by Gasteiger charge is 2.35. The van der Waals surface area contributed by atoms with Crippen molar-refractivity contribution in [2.75, 3.05) is 0 Å². The predicted molar refractivity (Wildman–Crippen MR) is 135 cm³/mol. The molecule has 0 aliphatic carbocycles. The molecule has 5 rings (SSSR count). The van der Waals surface area contributed by atoms with Crippen LogP contribution in [0.2, 0.25) is 15.2 Å². The molecule has 2 heterocycles. The van der Waals surface area contributed by atoms with Crippen molar-refractivity contribution in [2.24, 2.45) is 0 Å². The first-order chi connectivity index (χ1) is 16.0. The molecule has 162 valence electrons. The zero-order chi connectivity index (χ0) is 23.0. The fourth-order valence-corrected chi connectivity index (χ4v) is 4.95. The van der Waals surface area contributed by atoms with Crippen LogP contribution in [0, 0.1) is 0 Å². The molecular weight excluding hydrogens is 475 g/mol. The fraction of sp³-hybridized carbons (Fsp3) is 0.0370. The Bertz CT molecular complexity index is 1460. The van der Waals surface area contributed by atoms with Gasteiger partial charge in [-0.15, -0.1) is 0 Å². The lowest BCUT2D eigenvalue weighted by Crippen LogP contribution is -2.29. The summed E-state index contributed by atoms with van der Waals surface area (Å²) in [5.41, 5.74) is 2.46. The highest BCUT2D eigenvalue weighted by atomic mass is 35.5. The van der Waals surface area contributed by atoms with Crippen LogP contribution in [0.4, 0.5) is 0 Å². The van der Waals surface area contributed by atoms with Crippen LogP contribution < -0.4 is 0 Å². The Morgan fingerprint density at radius 3 is 2.21 bits per heavy atom. The molecule has 6 heteroatoms. The Kier molecular flexibility index (Phi) is 5.81. The quantitative estimate of drug-likeness (QED) is 0.264. The lowest BCUT2D eigenvalue weighted by Gasteiger charge is -2.30. The van der Waals surface area contributed by atoms with E-state index < -0.39 is 5.60 Å². The van der Waals surface area contributed by atoms with Gasteiger partial charge in [0.1, 0.15) is 10.8 Å². The lowest BCUT2D eigenvalue weighted by atomic mass is 9.80. The second kappa shape index (κ2) is 8.77. The van der Waals surface area contributed by atoms with Crippen LogP contribution in [0.15, 0.2) is 97.3 Å². The number of rotatable bonds is 4. The molecule has 1 atom stereocenters. The average Bonchev–Trinajstić information content (AvgIpc) is 2.84. The van der Waals surface area contributed by atoms with Crippen molar-refractivity contribution in [1.29, 1.82) is 0 Å². The van der Waals surface area contributed by atoms with E-state index in [0.717, 1.165) is 5.56 Å². The number of aromatic nitrogens is 2. The molecule has 0 radical (unpaired) electrons. The molecule has 1 unspecified atom stereocenters. The van der Waals surface area contributed by atoms with Gasteiger partial charge in [0.25, 0.3) is 0 Å². The maximum atomic E-state index is 12.2. The van der Waals surface area contributed by atoms with E-state index in [1.165, 1.54) is 0 Å². The summed E-state index contributed by atoms with van der Waals surface area (Å²) in [4.78, 5) is 8.78. The van der Waals surface area contributed by atoms with Gasteiger partial charge >= 0.3 is 0 Å². The van der Waals surface area contributed by atoms with Crippen molar-refractivity contribution < 1.29 is 5.11 Å². The van der Waals surface area contributed by atoms with E-state index in [9.17, 15) is 5.11 Å². The summed E-state index contributed by atoms with van der Waals surface area (Å²) in [7, 11) is 0. The van der Waals surface area contributed by atoms with Gasteiger partial charge in [-0.05, 0) is 47.0 Å². The first-order valence-electron chi connectivity index (χ1n) is 10.2. The van der Waals surface area contributed by atoms with E-state index in [-0.39, 0.29) is 0 Å². The molecule has 3 nitrogen and oxygen atoms in total. The highest BCUT2D eigenvalue weighted by Crippen LogP contribution is 2.42. The second-order valence-electron chi connectivity index (χ2n) is 7.65. The summed E-state index contributed by atoms with van der Waals surface area (Å²) in [6, 6.07) is 25.9. The molecule has 0 saturated heterocycles. The summed E-state index contributed by atoms with van der Waals surface area (Å²) in [6.07, 6.45) is 3.30. The van der Waals surface area contributed by atoms with Crippen molar-refractivity contribution in [1.82, 2.24) is 9.97 Å². The van der Waals surface area contributed by atoms with Crippen LogP contribution in [0.5, 0.6) is 0 Å². The van der Waals surface area contributed by atoms with Crippen molar-refractivity contribution >= 4 is 45.7 Å². The minimum atomic E-state index is -1.51. The van der Waals surface area contributed by atoms with Gasteiger partial charge in [0.2, 0.25) is 0 Å². The number of hydrogen-bond donors (Lipinski definition) is 1. The third-order valence-electron chi connectivity index (χ3n) is 5.68. The topological polar surface area (TPSA) is 46.0 Å². The summed E-state index contributed by atoms with van der Waals surface area (Å²) in [5, 5.41) is 14.1. The first-order valence-corrected chi connectivity index (χ1v) is 11.4. The summed E-state index contributed by atoms with van der Waals surface area (Å²) in [5.74, 6) is 0. The molecule has 0 spiro atoms. The number of benzene rings is 3. The Morgan fingerprint density at radius 2 is 1.48 bits per heavy atom. The third kappa shape index (κ3) is 3.88. The number of pyridine rings is 2. The van der Waals surface area contributed by atoms with E-state index in [0.29, 0.717) is 48.4 Å². The molecular formula is C27H17Cl3N2O. The predicted octanol–water partition coefficient (Wildman–Crippen LogP) is 7.54. The van der Waals surface area contributed by atoms with Gasteiger partial charge < -0.3 is 5.11 Å². The molecule has 33 heavy (non-hydrogen) atoms. The molecule has 0 amide bonds. The Balaban J connectivity index is 1.78. The molecule has 5 aromatic rings. The fourth-order valence-electron chi connectivity index (χ4n) is 4.06. The molecule has 0 saturated carbocycles. The van der Waals surface area contributed by atoms with Crippen LogP contribution in [-0.2, 0) is 5.60 Å². The van der Waals surface area contributed by atoms with Crippen LogP contribution in [-0.4, -0.2) is 15.1 Å². The number of nitrogens with zero attached hydrogens (tertiary/aromatic N) is 2. The zero-order valence-electron chi connectivity index (χ0n) is 17.2. The van der Waals surface area contributed by atoms with Gasteiger partial charge in [-0.1, -0.05) is 89.4 Å².